The molecule has 1 N–H and O–H groups in total. The van der Waals surface area contributed by atoms with Gasteiger partial charge < -0.3 is 19.3 Å². The van der Waals surface area contributed by atoms with Crippen LogP contribution in [0.3, 0.4) is 0 Å². The highest BCUT2D eigenvalue weighted by Crippen LogP contribution is 2.45. The third-order valence-electron chi connectivity index (χ3n) is 3.80. The van der Waals surface area contributed by atoms with Crippen LogP contribution in [0, 0.1) is 0 Å². The van der Waals surface area contributed by atoms with E-state index in [9.17, 15) is 14.7 Å². The minimum absolute atomic E-state index is 0.103. The Bertz CT molecular complexity index is 610. The zero-order valence-corrected chi connectivity index (χ0v) is 12.0. The maximum absolute atomic E-state index is 12.0. The molecule has 6 nitrogen and oxygen atoms in total. The molecule has 0 saturated carbocycles. The average molecular weight is 304 g/mol. The minimum Gasteiger partial charge on any atom is -0.459 e. The normalized spacial score (nSPS) is 32.0. The van der Waals surface area contributed by atoms with Crippen LogP contribution in [0.25, 0.3) is 0 Å². The van der Waals surface area contributed by atoms with Gasteiger partial charge in [0.1, 0.15) is 24.9 Å². The monoisotopic (exact) mass is 304 g/mol. The van der Waals surface area contributed by atoms with E-state index in [1.54, 1.807) is 42.5 Å². The zero-order valence-electron chi connectivity index (χ0n) is 12.0. The maximum atomic E-state index is 12.0. The molecule has 1 aliphatic heterocycles. The SMILES string of the molecule is CC(=O)O[C@H]1C=C[C@@H]2O[C@]2(COC(=O)c2ccccc2)[C@@H]1O. The number of esters is 2. The fourth-order valence-electron chi connectivity index (χ4n) is 2.57. The van der Waals surface area contributed by atoms with Crippen LogP contribution >= 0.6 is 0 Å². The lowest BCUT2D eigenvalue weighted by Crippen LogP contribution is -2.47. The van der Waals surface area contributed by atoms with Crippen molar-refractivity contribution in [1.29, 1.82) is 0 Å². The fraction of sp³-hybridized carbons (Fsp3) is 0.375. The van der Waals surface area contributed by atoms with Crippen molar-refractivity contribution in [2.75, 3.05) is 6.61 Å². The van der Waals surface area contributed by atoms with E-state index in [0.717, 1.165) is 0 Å². The number of benzene rings is 1. The van der Waals surface area contributed by atoms with Gasteiger partial charge in [-0.15, -0.1) is 0 Å². The van der Waals surface area contributed by atoms with Gasteiger partial charge >= 0.3 is 11.9 Å². The third kappa shape index (κ3) is 2.63. The predicted octanol–water partition coefficient (Wildman–Crippen LogP) is 0.843. The second-order valence-corrected chi connectivity index (χ2v) is 5.34. The molecule has 22 heavy (non-hydrogen) atoms. The molecule has 2 aliphatic rings. The first-order valence-electron chi connectivity index (χ1n) is 6.96. The molecule has 1 saturated heterocycles. The molecule has 0 amide bonds. The summed E-state index contributed by atoms with van der Waals surface area (Å²) in [5, 5.41) is 10.3. The molecule has 6 heteroatoms. The number of epoxide rings is 1. The van der Waals surface area contributed by atoms with E-state index in [4.69, 9.17) is 14.2 Å². The quantitative estimate of drug-likeness (QED) is 0.504. The van der Waals surface area contributed by atoms with E-state index in [1.807, 2.05) is 0 Å². The number of rotatable bonds is 4. The van der Waals surface area contributed by atoms with Gasteiger partial charge in [-0.1, -0.05) is 24.3 Å². The average Bonchev–Trinajstić information content (AvgIpc) is 3.24. The Balaban J connectivity index is 1.64. The van der Waals surface area contributed by atoms with Crippen LogP contribution < -0.4 is 0 Å². The van der Waals surface area contributed by atoms with Gasteiger partial charge in [0.05, 0.1) is 5.56 Å². The molecule has 0 unspecified atom stereocenters. The summed E-state index contributed by atoms with van der Waals surface area (Å²) in [7, 11) is 0. The molecule has 1 aliphatic carbocycles. The molecule has 1 fully saturated rings. The van der Waals surface area contributed by atoms with Crippen molar-refractivity contribution in [2.45, 2.75) is 30.8 Å². The van der Waals surface area contributed by atoms with Crippen molar-refractivity contribution in [2.24, 2.45) is 0 Å². The number of aliphatic hydroxyl groups is 1. The highest BCUT2D eigenvalue weighted by atomic mass is 16.7. The Morgan fingerprint density at radius 2 is 2.00 bits per heavy atom. The maximum Gasteiger partial charge on any atom is 0.338 e. The van der Waals surface area contributed by atoms with E-state index in [1.165, 1.54) is 6.92 Å². The first-order chi connectivity index (χ1) is 10.5. The Labute approximate surface area is 127 Å². The molecule has 1 aromatic carbocycles. The van der Waals surface area contributed by atoms with Gasteiger partial charge in [0.2, 0.25) is 0 Å². The Morgan fingerprint density at radius 3 is 2.68 bits per heavy atom. The van der Waals surface area contributed by atoms with Crippen molar-refractivity contribution in [3.05, 3.63) is 48.0 Å². The highest BCUT2D eigenvalue weighted by Gasteiger charge is 2.65. The topological polar surface area (TPSA) is 85.4 Å². The molecule has 4 atom stereocenters. The summed E-state index contributed by atoms with van der Waals surface area (Å²) in [5.41, 5.74) is -0.604. The van der Waals surface area contributed by atoms with Crippen molar-refractivity contribution < 1.29 is 28.9 Å². The van der Waals surface area contributed by atoms with E-state index in [2.05, 4.69) is 0 Å². The molecule has 0 aromatic heterocycles. The Kier molecular flexibility index (Phi) is 3.72. The van der Waals surface area contributed by atoms with E-state index in [0.29, 0.717) is 5.56 Å². The number of hydrogen-bond acceptors (Lipinski definition) is 6. The lowest BCUT2D eigenvalue weighted by atomic mass is 9.89. The summed E-state index contributed by atoms with van der Waals surface area (Å²) in [6, 6.07) is 8.56. The van der Waals surface area contributed by atoms with Gasteiger partial charge in [-0.05, 0) is 18.2 Å². The van der Waals surface area contributed by atoms with Crippen LogP contribution in [-0.2, 0) is 19.0 Å². The summed E-state index contributed by atoms with van der Waals surface area (Å²) in [6.07, 6.45) is 1.08. The zero-order chi connectivity index (χ0) is 15.7. The molecular weight excluding hydrogens is 288 g/mol. The van der Waals surface area contributed by atoms with Crippen LogP contribution in [0.15, 0.2) is 42.5 Å². The Morgan fingerprint density at radius 1 is 1.27 bits per heavy atom. The van der Waals surface area contributed by atoms with Crippen molar-refractivity contribution in [3.8, 4) is 0 Å². The molecule has 1 heterocycles. The van der Waals surface area contributed by atoms with Gasteiger partial charge in [-0.3, -0.25) is 4.79 Å². The van der Waals surface area contributed by atoms with Crippen molar-refractivity contribution in [1.82, 2.24) is 0 Å². The summed E-state index contributed by atoms with van der Waals surface area (Å²) in [4.78, 5) is 23.0. The summed E-state index contributed by atoms with van der Waals surface area (Å²) in [5.74, 6) is -0.987. The molecule has 116 valence electrons. The van der Waals surface area contributed by atoms with Gasteiger partial charge in [0.25, 0.3) is 0 Å². The molecule has 0 radical (unpaired) electrons. The number of ether oxygens (including phenoxy) is 3. The second kappa shape index (κ2) is 5.55. The van der Waals surface area contributed by atoms with E-state index < -0.39 is 29.7 Å². The van der Waals surface area contributed by atoms with Crippen LogP contribution in [0.1, 0.15) is 17.3 Å². The van der Waals surface area contributed by atoms with Gasteiger partial charge in [-0.2, -0.15) is 0 Å². The molecule has 1 aromatic rings. The molecule has 3 rings (SSSR count). The van der Waals surface area contributed by atoms with Gasteiger partial charge in [0.15, 0.2) is 5.60 Å². The van der Waals surface area contributed by atoms with Crippen LogP contribution in [-0.4, -0.2) is 47.6 Å². The Hall–Kier alpha value is -2.18. The number of fused-ring (bicyclic) bond motifs is 1. The van der Waals surface area contributed by atoms with Crippen molar-refractivity contribution in [3.63, 3.8) is 0 Å². The highest BCUT2D eigenvalue weighted by molar-refractivity contribution is 5.89. The van der Waals surface area contributed by atoms with Crippen LogP contribution in [0.5, 0.6) is 0 Å². The lowest BCUT2D eigenvalue weighted by Gasteiger charge is -2.27. The number of carbonyl (C=O) groups is 2. The summed E-state index contributed by atoms with van der Waals surface area (Å²) in [6.45, 7) is 1.16. The van der Waals surface area contributed by atoms with Gasteiger partial charge in [0, 0.05) is 6.92 Å². The standard InChI is InChI=1S/C16H16O6/c1-10(17)21-12-7-8-13-16(22-13,14(12)18)9-20-15(19)11-5-3-2-4-6-11/h2-8,12-14,18H,9H2,1H3/t12-,13-,14+,16-/m0/s1. The smallest absolute Gasteiger partial charge is 0.338 e. The summed E-state index contributed by atoms with van der Waals surface area (Å²) < 4.78 is 15.7. The van der Waals surface area contributed by atoms with E-state index in [-0.39, 0.29) is 12.7 Å². The first kappa shape index (κ1) is 14.7. The third-order valence-corrected chi connectivity index (χ3v) is 3.80. The number of hydrogen-bond donors (Lipinski definition) is 1. The minimum atomic E-state index is -1.07. The molecule has 0 spiro atoms. The van der Waals surface area contributed by atoms with E-state index >= 15 is 0 Å². The fourth-order valence-corrected chi connectivity index (χ4v) is 2.57. The first-order valence-corrected chi connectivity index (χ1v) is 6.96. The number of aliphatic hydroxyl groups excluding tert-OH is 1. The molecular formula is C16H16O6. The molecule has 0 bridgehead atoms. The predicted molar refractivity (Wildman–Crippen MR) is 75.0 cm³/mol. The van der Waals surface area contributed by atoms with Crippen LogP contribution in [0.2, 0.25) is 0 Å². The largest absolute Gasteiger partial charge is 0.459 e. The number of carbonyl (C=O) groups excluding carboxylic acids is 2. The lowest BCUT2D eigenvalue weighted by molar-refractivity contribution is -0.152. The second-order valence-electron chi connectivity index (χ2n) is 5.34. The van der Waals surface area contributed by atoms with Crippen molar-refractivity contribution >= 4 is 11.9 Å². The summed E-state index contributed by atoms with van der Waals surface area (Å²) >= 11 is 0. The van der Waals surface area contributed by atoms with Gasteiger partial charge in [-0.25, -0.2) is 4.79 Å². The van der Waals surface area contributed by atoms with Crippen LogP contribution in [0.4, 0.5) is 0 Å².